The van der Waals surface area contributed by atoms with Crippen LogP contribution in [0.3, 0.4) is 0 Å². The molecular formula is C58H35N3O. The van der Waals surface area contributed by atoms with Crippen molar-refractivity contribution in [1.82, 2.24) is 15.0 Å². The van der Waals surface area contributed by atoms with Gasteiger partial charge in [-0.15, -0.1) is 0 Å². The van der Waals surface area contributed by atoms with Gasteiger partial charge >= 0.3 is 0 Å². The lowest BCUT2D eigenvalue weighted by atomic mass is 9.70. The summed E-state index contributed by atoms with van der Waals surface area (Å²) in [5.41, 5.74) is 19.4. The van der Waals surface area contributed by atoms with Crippen LogP contribution in [0.2, 0.25) is 0 Å². The topological polar surface area (TPSA) is 51.8 Å². The first-order chi connectivity index (χ1) is 30.7. The van der Waals surface area contributed by atoms with Gasteiger partial charge in [-0.25, -0.2) is 15.0 Å². The molecule has 0 bridgehead atoms. The Labute approximate surface area is 358 Å². The Morgan fingerprint density at radius 1 is 0.274 bits per heavy atom. The zero-order chi connectivity index (χ0) is 40.8. The summed E-state index contributed by atoms with van der Waals surface area (Å²) in [5, 5.41) is 2.16. The summed E-state index contributed by atoms with van der Waals surface area (Å²) in [6, 6.07) is 75.8. The van der Waals surface area contributed by atoms with Crippen molar-refractivity contribution in [3.8, 4) is 78.7 Å². The van der Waals surface area contributed by atoms with E-state index in [9.17, 15) is 0 Å². The molecule has 0 unspecified atom stereocenters. The zero-order valence-corrected chi connectivity index (χ0v) is 33.5. The third kappa shape index (κ3) is 5.10. The molecule has 0 atom stereocenters. The molecule has 0 aliphatic heterocycles. The van der Waals surface area contributed by atoms with Crippen LogP contribution in [-0.2, 0) is 5.41 Å². The molecule has 2 aromatic heterocycles. The fourth-order valence-corrected chi connectivity index (χ4v) is 10.2. The summed E-state index contributed by atoms with van der Waals surface area (Å²) >= 11 is 0. The smallest absolute Gasteiger partial charge is 0.164 e. The monoisotopic (exact) mass is 789 g/mol. The predicted molar refractivity (Wildman–Crippen MR) is 251 cm³/mol. The van der Waals surface area contributed by atoms with Crippen molar-refractivity contribution in [3.63, 3.8) is 0 Å². The van der Waals surface area contributed by atoms with E-state index in [-0.39, 0.29) is 5.41 Å². The van der Waals surface area contributed by atoms with Crippen molar-refractivity contribution >= 4 is 21.9 Å². The lowest BCUT2D eigenvalue weighted by molar-refractivity contribution is 0.669. The molecule has 2 aliphatic carbocycles. The Kier molecular flexibility index (Phi) is 7.49. The van der Waals surface area contributed by atoms with E-state index in [4.69, 9.17) is 19.4 Å². The molecule has 1 spiro atoms. The molecule has 2 heterocycles. The van der Waals surface area contributed by atoms with Crippen LogP contribution >= 0.6 is 0 Å². The van der Waals surface area contributed by atoms with Crippen molar-refractivity contribution in [3.05, 3.63) is 235 Å². The lowest BCUT2D eigenvalue weighted by Crippen LogP contribution is -2.25. The van der Waals surface area contributed by atoms with Crippen molar-refractivity contribution in [1.29, 1.82) is 0 Å². The molecule has 4 nitrogen and oxygen atoms in total. The summed E-state index contributed by atoms with van der Waals surface area (Å²) in [6.07, 6.45) is 0. The first-order valence-electron chi connectivity index (χ1n) is 21.1. The number of fused-ring (bicyclic) bond motifs is 13. The average molecular weight is 790 g/mol. The molecule has 4 heteroatoms. The number of nitrogens with zero attached hydrogens (tertiary/aromatic N) is 3. The van der Waals surface area contributed by atoms with Crippen molar-refractivity contribution in [2.75, 3.05) is 0 Å². The van der Waals surface area contributed by atoms with Crippen molar-refractivity contribution < 1.29 is 4.42 Å². The van der Waals surface area contributed by atoms with Crippen LogP contribution in [0.15, 0.2) is 217 Å². The third-order valence-corrected chi connectivity index (χ3v) is 13.0. The Morgan fingerprint density at radius 2 is 0.694 bits per heavy atom. The highest BCUT2D eigenvalue weighted by Crippen LogP contribution is 2.63. The number of furan rings is 1. The molecule has 13 rings (SSSR count). The molecule has 2 aliphatic rings. The standard InChI is InChI=1S/C58H35N3O/c1-2-12-39(13-3-1)55-59-56(61-57(60-55)42-30-32-47-46-17-7-11-21-53(46)62-54(47)35-42)40-28-26-37(27-29-40)36-22-24-38(25-23-36)41-31-33-52-48(34-41)45-16-6-10-20-51(45)58(52)49-18-8-4-14-43(49)44-15-5-9-19-50(44)58/h1-35H. The average Bonchev–Trinajstić information content (AvgIpc) is 3.98. The maximum atomic E-state index is 6.23. The zero-order valence-electron chi connectivity index (χ0n) is 33.5. The van der Waals surface area contributed by atoms with E-state index >= 15 is 0 Å². The molecule has 0 saturated heterocycles. The van der Waals surface area contributed by atoms with E-state index in [1.807, 2.05) is 54.6 Å². The molecule has 288 valence electrons. The fourth-order valence-electron chi connectivity index (χ4n) is 10.2. The second-order valence-electron chi connectivity index (χ2n) is 16.3. The fraction of sp³-hybridized carbons (Fsp3) is 0.0172. The Balaban J connectivity index is 0.836. The van der Waals surface area contributed by atoms with Gasteiger partial charge in [0, 0.05) is 27.5 Å². The highest BCUT2D eigenvalue weighted by molar-refractivity contribution is 6.05. The summed E-state index contributed by atoms with van der Waals surface area (Å²) < 4.78 is 6.23. The van der Waals surface area contributed by atoms with E-state index in [1.54, 1.807) is 0 Å². The molecule has 11 aromatic rings. The maximum Gasteiger partial charge on any atom is 0.164 e. The molecule has 0 radical (unpaired) electrons. The van der Waals surface area contributed by atoms with Crippen LogP contribution in [-0.4, -0.2) is 15.0 Å². The van der Waals surface area contributed by atoms with Gasteiger partial charge < -0.3 is 4.42 Å². The van der Waals surface area contributed by atoms with Crippen molar-refractivity contribution in [2.24, 2.45) is 0 Å². The van der Waals surface area contributed by atoms with Gasteiger partial charge in [-0.3, -0.25) is 0 Å². The van der Waals surface area contributed by atoms with Gasteiger partial charge in [-0.05, 0) is 91.0 Å². The van der Waals surface area contributed by atoms with Crippen LogP contribution in [0.25, 0.3) is 101 Å². The first-order valence-corrected chi connectivity index (χ1v) is 21.1. The Hall–Kier alpha value is -8.21. The van der Waals surface area contributed by atoms with Crippen LogP contribution in [0.1, 0.15) is 22.3 Å². The second kappa shape index (κ2) is 13.4. The summed E-state index contributed by atoms with van der Waals surface area (Å²) in [7, 11) is 0. The van der Waals surface area contributed by atoms with Crippen LogP contribution in [0.4, 0.5) is 0 Å². The van der Waals surface area contributed by atoms with Gasteiger partial charge in [0.1, 0.15) is 11.2 Å². The maximum absolute atomic E-state index is 6.23. The normalized spacial score (nSPS) is 13.0. The lowest BCUT2D eigenvalue weighted by Gasteiger charge is -2.30. The van der Waals surface area contributed by atoms with Crippen LogP contribution in [0, 0.1) is 0 Å². The minimum absolute atomic E-state index is 0.330. The Morgan fingerprint density at radius 3 is 1.32 bits per heavy atom. The SMILES string of the molecule is c1ccc(-c2nc(-c3ccc(-c4ccc(-c5ccc6c(c5)-c5ccccc5C65c6ccccc6-c6ccccc65)cc4)cc3)nc(-c3ccc4c(c3)oc3ccccc34)n2)cc1. The molecule has 62 heavy (non-hydrogen) atoms. The van der Waals surface area contributed by atoms with Gasteiger partial charge in [-0.1, -0.05) is 188 Å². The van der Waals surface area contributed by atoms with E-state index in [2.05, 4.69) is 158 Å². The van der Waals surface area contributed by atoms with E-state index in [1.165, 1.54) is 55.6 Å². The summed E-state index contributed by atoms with van der Waals surface area (Å²) in [5.74, 6) is 1.84. The van der Waals surface area contributed by atoms with Gasteiger partial charge in [-0.2, -0.15) is 0 Å². The second-order valence-corrected chi connectivity index (χ2v) is 16.3. The number of hydrogen-bond donors (Lipinski definition) is 0. The van der Waals surface area contributed by atoms with E-state index < -0.39 is 0 Å². The highest BCUT2D eigenvalue weighted by Gasteiger charge is 2.51. The third-order valence-electron chi connectivity index (χ3n) is 13.0. The van der Waals surface area contributed by atoms with Gasteiger partial charge in [0.05, 0.1) is 5.41 Å². The van der Waals surface area contributed by atoms with Gasteiger partial charge in [0.15, 0.2) is 17.5 Å². The first kappa shape index (κ1) is 34.6. The van der Waals surface area contributed by atoms with E-state index in [0.29, 0.717) is 17.5 Å². The molecule has 0 amide bonds. The van der Waals surface area contributed by atoms with E-state index in [0.717, 1.165) is 49.8 Å². The molecule has 0 saturated carbocycles. The van der Waals surface area contributed by atoms with Crippen LogP contribution < -0.4 is 0 Å². The number of hydrogen-bond acceptors (Lipinski definition) is 4. The highest BCUT2D eigenvalue weighted by atomic mass is 16.3. The molecule has 9 aromatic carbocycles. The molecule has 0 fully saturated rings. The number of para-hydroxylation sites is 1. The number of rotatable bonds is 5. The number of aromatic nitrogens is 3. The minimum Gasteiger partial charge on any atom is -0.456 e. The van der Waals surface area contributed by atoms with Gasteiger partial charge in [0.2, 0.25) is 0 Å². The predicted octanol–water partition coefficient (Wildman–Crippen LogP) is 14.4. The minimum atomic E-state index is -0.330. The van der Waals surface area contributed by atoms with Gasteiger partial charge in [0.25, 0.3) is 0 Å². The molecule has 0 N–H and O–H groups in total. The Bertz CT molecular complexity index is 3520. The largest absolute Gasteiger partial charge is 0.456 e. The summed E-state index contributed by atoms with van der Waals surface area (Å²) in [4.78, 5) is 15.0. The summed E-state index contributed by atoms with van der Waals surface area (Å²) in [6.45, 7) is 0. The number of benzene rings is 9. The quantitative estimate of drug-likeness (QED) is 0.174. The van der Waals surface area contributed by atoms with Crippen LogP contribution in [0.5, 0.6) is 0 Å². The van der Waals surface area contributed by atoms with Crippen molar-refractivity contribution in [2.45, 2.75) is 5.41 Å². The molecular weight excluding hydrogens is 755 g/mol.